The molecule has 0 aliphatic heterocycles. The van der Waals surface area contributed by atoms with Crippen molar-refractivity contribution in [3.8, 4) is 11.6 Å². The molecule has 186 valence electrons. The zero-order valence-electron chi connectivity index (χ0n) is 21.2. The van der Waals surface area contributed by atoms with E-state index in [9.17, 15) is 0 Å². The van der Waals surface area contributed by atoms with Crippen molar-refractivity contribution < 1.29 is 18.3 Å². The van der Waals surface area contributed by atoms with Gasteiger partial charge >= 0.3 is 0 Å². The van der Waals surface area contributed by atoms with Crippen LogP contribution in [0.25, 0.3) is 0 Å². The molecule has 0 amide bonds. The van der Waals surface area contributed by atoms with Crippen LogP contribution in [0.3, 0.4) is 0 Å². The third-order valence-corrected chi connectivity index (χ3v) is 6.36. The second-order valence-corrected chi connectivity index (χ2v) is 9.52. The fraction of sp³-hybridized carbons (Fsp3) is 0.241. The highest BCUT2D eigenvalue weighted by atomic mass is 19.1. The van der Waals surface area contributed by atoms with E-state index in [-0.39, 0.29) is 18.1 Å². The van der Waals surface area contributed by atoms with Gasteiger partial charge in [0.2, 0.25) is 5.88 Å². The zero-order valence-corrected chi connectivity index (χ0v) is 21.2. The molecule has 0 saturated heterocycles. The molecule has 0 saturated carbocycles. The van der Waals surface area contributed by atoms with Crippen molar-refractivity contribution in [3.63, 3.8) is 0 Å². The highest BCUT2D eigenvalue weighted by Gasteiger charge is 2.40. The molecule has 3 aromatic rings. The van der Waals surface area contributed by atoms with Crippen LogP contribution in [0.2, 0.25) is 0 Å². The molecule has 2 aromatic carbocycles. The van der Waals surface area contributed by atoms with Crippen molar-refractivity contribution in [2.45, 2.75) is 32.5 Å². The van der Waals surface area contributed by atoms with Gasteiger partial charge in [-0.05, 0) is 55.5 Å². The van der Waals surface area contributed by atoms with Gasteiger partial charge in [-0.25, -0.2) is 14.4 Å². The van der Waals surface area contributed by atoms with Gasteiger partial charge in [-0.15, -0.1) is 0 Å². The average molecular weight is 488 g/mol. The summed E-state index contributed by atoms with van der Waals surface area (Å²) in [6.07, 6.45) is 5.15. The van der Waals surface area contributed by atoms with Crippen molar-refractivity contribution in [1.29, 1.82) is 0 Å². The standard InChI is InChI=1S/C29H32FN4O2/c1-21(2)34(4,5)24-13-16-26(29(3,30)18-24)36-28-17-27(31-20-32-28)33-23-11-14-25(15-12-23)35-19-22-9-7-6-8-10-22/h6-17,20H,1,18-19H2,2-5H3,(H,31,32,33)/q+1. The zero-order chi connectivity index (χ0) is 25.8. The van der Waals surface area contributed by atoms with E-state index in [0.717, 1.165) is 28.4 Å². The van der Waals surface area contributed by atoms with E-state index in [2.05, 4.69) is 21.9 Å². The molecular weight excluding hydrogens is 455 g/mol. The Morgan fingerprint density at radius 1 is 1.08 bits per heavy atom. The van der Waals surface area contributed by atoms with Crippen LogP contribution in [-0.2, 0) is 6.61 Å². The number of rotatable bonds is 9. The molecule has 0 radical (unpaired) electrons. The fourth-order valence-corrected chi connectivity index (χ4v) is 3.70. The molecule has 1 atom stereocenters. The minimum absolute atomic E-state index is 0.202. The Morgan fingerprint density at radius 2 is 1.81 bits per heavy atom. The summed E-state index contributed by atoms with van der Waals surface area (Å²) in [7, 11) is 3.99. The molecule has 0 spiro atoms. The molecule has 1 aromatic heterocycles. The predicted molar refractivity (Wildman–Crippen MR) is 140 cm³/mol. The number of allylic oxidation sites excluding steroid dienone is 5. The molecule has 4 rings (SSSR count). The highest BCUT2D eigenvalue weighted by Crippen LogP contribution is 2.38. The first-order chi connectivity index (χ1) is 17.1. The van der Waals surface area contributed by atoms with E-state index in [0.29, 0.717) is 16.9 Å². The third-order valence-electron chi connectivity index (χ3n) is 6.36. The number of halogens is 1. The Morgan fingerprint density at radius 3 is 2.47 bits per heavy atom. The van der Waals surface area contributed by atoms with Gasteiger partial charge in [0.15, 0.2) is 5.67 Å². The summed E-state index contributed by atoms with van der Waals surface area (Å²) < 4.78 is 27.7. The van der Waals surface area contributed by atoms with Gasteiger partial charge in [-0.1, -0.05) is 30.3 Å². The first kappa shape index (κ1) is 25.1. The average Bonchev–Trinajstić information content (AvgIpc) is 2.85. The van der Waals surface area contributed by atoms with E-state index in [1.54, 1.807) is 12.1 Å². The normalized spacial score (nSPS) is 17.6. The van der Waals surface area contributed by atoms with Crippen molar-refractivity contribution in [2.24, 2.45) is 0 Å². The number of hydrogen-bond acceptors (Lipinski definition) is 5. The van der Waals surface area contributed by atoms with Crippen molar-refractivity contribution in [1.82, 2.24) is 9.97 Å². The van der Waals surface area contributed by atoms with Crippen molar-refractivity contribution in [2.75, 3.05) is 19.4 Å². The maximum absolute atomic E-state index is 15.6. The minimum atomic E-state index is -1.68. The largest absolute Gasteiger partial charge is 0.489 e. The van der Waals surface area contributed by atoms with Crippen LogP contribution in [0, 0.1) is 0 Å². The smallest absolute Gasteiger partial charge is 0.224 e. The molecule has 1 heterocycles. The Bertz CT molecular complexity index is 1280. The summed E-state index contributed by atoms with van der Waals surface area (Å²) >= 11 is 0. The lowest BCUT2D eigenvalue weighted by molar-refractivity contribution is -0.814. The summed E-state index contributed by atoms with van der Waals surface area (Å²) in [5.41, 5.74) is 2.10. The molecule has 1 N–H and O–H groups in total. The molecule has 0 fully saturated rings. The topological polar surface area (TPSA) is 56.3 Å². The van der Waals surface area contributed by atoms with Crippen LogP contribution in [-0.4, -0.2) is 34.2 Å². The lowest BCUT2D eigenvalue weighted by Gasteiger charge is -2.36. The Balaban J connectivity index is 1.41. The Labute approximate surface area is 212 Å². The molecule has 1 aliphatic rings. The lowest BCUT2D eigenvalue weighted by atomic mass is 9.93. The Hall–Kier alpha value is -3.97. The minimum Gasteiger partial charge on any atom is -0.489 e. The number of alkyl halides is 1. The summed E-state index contributed by atoms with van der Waals surface area (Å²) in [6.45, 7) is 7.99. The van der Waals surface area contributed by atoms with Gasteiger partial charge in [0.05, 0.1) is 20.5 Å². The van der Waals surface area contributed by atoms with Gasteiger partial charge in [-0.2, -0.15) is 0 Å². The summed E-state index contributed by atoms with van der Waals surface area (Å²) in [4.78, 5) is 8.42. The van der Waals surface area contributed by atoms with E-state index in [1.165, 1.54) is 13.3 Å². The maximum Gasteiger partial charge on any atom is 0.224 e. The number of hydrogen-bond donors (Lipinski definition) is 1. The predicted octanol–water partition coefficient (Wildman–Crippen LogP) is 6.69. The lowest BCUT2D eigenvalue weighted by Crippen LogP contribution is -2.41. The summed E-state index contributed by atoms with van der Waals surface area (Å²) in [6, 6.07) is 19.2. The molecule has 0 bridgehead atoms. The fourth-order valence-electron chi connectivity index (χ4n) is 3.70. The van der Waals surface area contributed by atoms with Gasteiger partial charge in [0, 0.05) is 18.7 Å². The van der Waals surface area contributed by atoms with E-state index in [1.807, 2.05) is 81.7 Å². The van der Waals surface area contributed by atoms with Gasteiger partial charge in [0.25, 0.3) is 0 Å². The van der Waals surface area contributed by atoms with Crippen LogP contribution in [0.5, 0.6) is 11.6 Å². The first-order valence-corrected chi connectivity index (χ1v) is 11.8. The van der Waals surface area contributed by atoms with Crippen LogP contribution in [0.15, 0.2) is 103 Å². The highest BCUT2D eigenvalue weighted by molar-refractivity contribution is 5.57. The van der Waals surface area contributed by atoms with E-state index >= 15 is 4.39 Å². The number of nitrogens with one attached hydrogen (secondary N) is 1. The number of aromatic nitrogens is 2. The summed E-state index contributed by atoms with van der Waals surface area (Å²) in [5.74, 6) is 1.77. The van der Waals surface area contributed by atoms with Crippen LogP contribution < -0.4 is 14.8 Å². The molecule has 1 aliphatic carbocycles. The molecule has 7 heteroatoms. The molecule has 6 nitrogen and oxygen atoms in total. The van der Waals surface area contributed by atoms with Gasteiger partial charge in [-0.3, -0.25) is 4.48 Å². The van der Waals surface area contributed by atoms with E-state index < -0.39 is 5.67 Å². The monoisotopic (exact) mass is 487 g/mol. The number of benzene rings is 2. The number of anilines is 2. The SMILES string of the molecule is C=C(C)[N+](C)(C)C1=CC=C(Oc2cc(Nc3ccc(OCc4ccccc4)cc3)ncn2)C(C)(F)C1. The maximum atomic E-state index is 15.6. The van der Waals surface area contributed by atoms with Crippen LogP contribution in [0.4, 0.5) is 15.9 Å². The van der Waals surface area contributed by atoms with Crippen molar-refractivity contribution >= 4 is 11.5 Å². The van der Waals surface area contributed by atoms with Crippen molar-refractivity contribution in [3.05, 3.63) is 108 Å². The van der Waals surface area contributed by atoms with E-state index in [4.69, 9.17) is 9.47 Å². The Kier molecular flexibility index (Phi) is 7.22. The van der Waals surface area contributed by atoms with Gasteiger partial charge < -0.3 is 14.8 Å². The van der Waals surface area contributed by atoms with Crippen LogP contribution >= 0.6 is 0 Å². The second-order valence-electron chi connectivity index (χ2n) is 9.52. The quantitative estimate of drug-likeness (QED) is 0.341. The third kappa shape index (κ3) is 5.98. The molecule has 1 unspecified atom stereocenters. The molecule has 36 heavy (non-hydrogen) atoms. The number of ether oxygens (including phenoxy) is 2. The van der Waals surface area contributed by atoms with Gasteiger partial charge in [0.1, 0.15) is 41.7 Å². The second kappa shape index (κ2) is 10.3. The summed E-state index contributed by atoms with van der Waals surface area (Å²) in [5, 5.41) is 3.22. The number of quaternary nitrogens is 1. The van der Waals surface area contributed by atoms with Crippen LogP contribution in [0.1, 0.15) is 25.8 Å². The first-order valence-electron chi connectivity index (χ1n) is 11.8. The number of nitrogens with zero attached hydrogens (tertiary/aromatic N) is 3. The molecular formula is C29H32FN4O2+.